The third-order valence-electron chi connectivity index (χ3n) is 4.45. The van der Waals surface area contributed by atoms with Crippen LogP contribution in [0.25, 0.3) is 0 Å². The highest BCUT2D eigenvalue weighted by Gasteiger charge is 2.35. The van der Waals surface area contributed by atoms with Crippen LogP contribution >= 0.6 is 0 Å². The number of likely N-dealkylation sites (tertiary alicyclic amines) is 1. The van der Waals surface area contributed by atoms with Gasteiger partial charge in [-0.25, -0.2) is 0 Å². The van der Waals surface area contributed by atoms with Gasteiger partial charge in [-0.05, 0) is 24.3 Å². The monoisotopic (exact) mass is 288 g/mol. The molecule has 2 aliphatic heterocycles. The highest BCUT2D eigenvalue weighted by atomic mass is 16.2. The number of anilines is 1. The summed E-state index contributed by atoms with van der Waals surface area (Å²) >= 11 is 0. The maximum absolute atomic E-state index is 12.4. The minimum absolute atomic E-state index is 0.159. The predicted octanol–water partition coefficient (Wildman–Crippen LogP) is 0.482. The van der Waals surface area contributed by atoms with Crippen LogP contribution in [0.15, 0.2) is 24.3 Å². The number of piperazine rings is 1. The second-order valence-corrected chi connectivity index (χ2v) is 6.09. The summed E-state index contributed by atoms with van der Waals surface area (Å²) in [6.07, 6.45) is 0. The highest BCUT2D eigenvalue weighted by molar-refractivity contribution is 5.95. The minimum Gasteiger partial charge on any atom is -0.378 e. The van der Waals surface area contributed by atoms with Crippen molar-refractivity contribution >= 4 is 11.6 Å². The molecule has 0 spiro atoms. The van der Waals surface area contributed by atoms with Gasteiger partial charge in [-0.3, -0.25) is 9.69 Å². The maximum Gasteiger partial charge on any atom is 0.253 e. The SMILES string of the molecule is CN(C)c1ccc(C(=O)N2CC(N3CCNCC3)C2)cc1. The summed E-state index contributed by atoms with van der Waals surface area (Å²) in [5, 5.41) is 3.37. The Morgan fingerprint density at radius 3 is 2.33 bits per heavy atom. The van der Waals surface area contributed by atoms with E-state index in [0.29, 0.717) is 6.04 Å². The lowest BCUT2D eigenvalue weighted by Crippen LogP contribution is -2.63. The molecule has 0 bridgehead atoms. The van der Waals surface area contributed by atoms with Gasteiger partial charge in [0.2, 0.25) is 0 Å². The number of nitrogens with zero attached hydrogens (tertiary/aromatic N) is 3. The van der Waals surface area contributed by atoms with Crippen LogP contribution in [0, 0.1) is 0 Å². The van der Waals surface area contributed by atoms with Gasteiger partial charge in [0.15, 0.2) is 0 Å². The molecule has 114 valence electrons. The summed E-state index contributed by atoms with van der Waals surface area (Å²) in [5.74, 6) is 0.159. The number of amides is 1. The first-order valence-electron chi connectivity index (χ1n) is 7.66. The Labute approximate surface area is 126 Å². The van der Waals surface area contributed by atoms with E-state index in [1.165, 1.54) is 0 Å². The molecular weight excluding hydrogens is 264 g/mol. The Morgan fingerprint density at radius 1 is 1.14 bits per heavy atom. The molecule has 21 heavy (non-hydrogen) atoms. The van der Waals surface area contributed by atoms with Crippen molar-refractivity contribution in [2.75, 3.05) is 58.3 Å². The zero-order chi connectivity index (χ0) is 14.8. The van der Waals surface area contributed by atoms with E-state index < -0.39 is 0 Å². The van der Waals surface area contributed by atoms with Crippen molar-refractivity contribution in [2.24, 2.45) is 0 Å². The molecule has 3 rings (SSSR count). The van der Waals surface area contributed by atoms with E-state index in [4.69, 9.17) is 0 Å². The number of carbonyl (C=O) groups excluding carboxylic acids is 1. The maximum atomic E-state index is 12.4. The smallest absolute Gasteiger partial charge is 0.253 e. The van der Waals surface area contributed by atoms with E-state index in [-0.39, 0.29) is 5.91 Å². The summed E-state index contributed by atoms with van der Waals surface area (Å²) in [5.41, 5.74) is 1.91. The van der Waals surface area contributed by atoms with Gasteiger partial charge in [-0.1, -0.05) is 0 Å². The molecule has 2 heterocycles. The molecule has 0 radical (unpaired) electrons. The Morgan fingerprint density at radius 2 is 1.76 bits per heavy atom. The quantitative estimate of drug-likeness (QED) is 0.878. The van der Waals surface area contributed by atoms with Crippen molar-refractivity contribution in [1.29, 1.82) is 0 Å². The van der Waals surface area contributed by atoms with Crippen LogP contribution in [0.2, 0.25) is 0 Å². The second-order valence-electron chi connectivity index (χ2n) is 6.09. The standard InChI is InChI=1S/C16H24N4O/c1-18(2)14-5-3-13(4-6-14)16(21)20-11-15(12-20)19-9-7-17-8-10-19/h3-6,15,17H,7-12H2,1-2H3. The molecule has 1 amide bonds. The lowest BCUT2D eigenvalue weighted by atomic mass is 10.0. The van der Waals surface area contributed by atoms with Crippen LogP contribution < -0.4 is 10.2 Å². The van der Waals surface area contributed by atoms with Crippen molar-refractivity contribution in [3.05, 3.63) is 29.8 Å². The average molecular weight is 288 g/mol. The summed E-state index contributed by atoms with van der Waals surface area (Å²) < 4.78 is 0. The third kappa shape index (κ3) is 3.04. The van der Waals surface area contributed by atoms with Crippen molar-refractivity contribution in [3.8, 4) is 0 Å². The predicted molar refractivity (Wildman–Crippen MR) is 84.9 cm³/mol. The van der Waals surface area contributed by atoms with Crippen LogP contribution in [0.4, 0.5) is 5.69 Å². The molecule has 1 aromatic carbocycles. The van der Waals surface area contributed by atoms with E-state index >= 15 is 0 Å². The molecule has 0 aliphatic carbocycles. The molecule has 0 unspecified atom stereocenters. The van der Waals surface area contributed by atoms with Crippen molar-refractivity contribution in [3.63, 3.8) is 0 Å². The van der Waals surface area contributed by atoms with Gasteiger partial charge in [0, 0.05) is 70.7 Å². The van der Waals surface area contributed by atoms with E-state index in [0.717, 1.165) is 50.5 Å². The van der Waals surface area contributed by atoms with Gasteiger partial charge in [0.1, 0.15) is 0 Å². The fourth-order valence-corrected chi connectivity index (χ4v) is 2.98. The highest BCUT2D eigenvalue weighted by Crippen LogP contribution is 2.20. The molecule has 0 atom stereocenters. The fraction of sp³-hybridized carbons (Fsp3) is 0.562. The lowest BCUT2D eigenvalue weighted by molar-refractivity contribution is 0.0227. The number of carbonyl (C=O) groups is 1. The molecule has 2 saturated heterocycles. The molecule has 5 heteroatoms. The summed E-state index contributed by atoms with van der Waals surface area (Å²) in [7, 11) is 4.01. The number of hydrogen-bond acceptors (Lipinski definition) is 4. The summed E-state index contributed by atoms with van der Waals surface area (Å²) in [4.78, 5) is 18.9. The van der Waals surface area contributed by atoms with Gasteiger partial charge >= 0.3 is 0 Å². The van der Waals surface area contributed by atoms with Crippen molar-refractivity contribution in [2.45, 2.75) is 6.04 Å². The van der Waals surface area contributed by atoms with Gasteiger partial charge < -0.3 is 15.1 Å². The van der Waals surface area contributed by atoms with E-state index in [9.17, 15) is 4.79 Å². The molecule has 1 aromatic rings. The van der Waals surface area contributed by atoms with Gasteiger partial charge in [0.05, 0.1) is 0 Å². The van der Waals surface area contributed by atoms with Gasteiger partial charge in [-0.2, -0.15) is 0 Å². The van der Waals surface area contributed by atoms with E-state index in [1.807, 2.05) is 48.2 Å². The first kappa shape index (κ1) is 14.4. The minimum atomic E-state index is 0.159. The second kappa shape index (κ2) is 6.03. The molecule has 2 aliphatic rings. The number of nitrogens with one attached hydrogen (secondary N) is 1. The first-order valence-corrected chi connectivity index (χ1v) is 7.66. The lowest BCUT2D eigenvalue weighted by Gasteiger charge is -2.46. The summed E-state index contributed by atoms with van der Waals surface area (Å²) in [6, 6.07) is 8.41. The van der Waals surface area contributed by atoms with E-state index in [2.05, 4.69) is 10.2 Å². The van der Waals surface area contributed by atoms with Crippen LogP contribution in [-0.4, -0.2) is 75.1 Å². The number of rotatable bonds is 3. The summed E-state index contributed by atoms with van der Waals surface area (Å²) in [6.45, 7) is 6.07. The van der Waals surface area contributed by atoms with Crippen LogP contribution in [0.3, 0.4) is 0 Å². The average Bonchev–Trinajstić information content (AvgIpc) is 2.47. The number of benzene rings is 1. The van der Waals surface area contributed by atoms with Gasteiger partial charge in [0.25, 0.3) is 5.91 Å². The molecular formula is C16H24N4O. The fourth-order valence-electron chi connectivity index (χ4n) is 2.98. The van der Waals surface area contributed by atoms with Crippen LogP contribution in [-0.2, 0) is 0 Å². The first-order chi connectivity index (χ1) is 10.1. The van der Waals surface area contributed by atoms with Gasteiger partial charge in [-0.15, -0.1) is 0 Å². The zero-order valence-corrected chi connectivity index (χ0v) is 12.9. The molecule has 0 aromatic heterocycles. The Kier molecular flexibility index (Phi) is 4.12. The molecule has 1 N–H and O–H groups in total. The third-order valence-corrected chi connectivity index (χ3v) is 4.45. The number of hydrogen-bond donors (Lipinski definition) is 1. The van der Waals surface area contributed by atoms with Crippen molar-refractivity contribution < 1.29 is 4.79 Å². The largest absolute Gasteiger partial charge is 0.378 e. The van der Waals surface area contributed by atoms with E-state index in [1.54, 1.807) is 0 Å². The van der Waals surface area contributed by atoms with Crippen LogP contribution in [0.1, 0.15) is 10.4 Å². The molecule has 2 fully saturated rings. The Bertz CT molecular complexity index is 488. The Hall–Kier alpha value is -1.59. The Balaban J connectivity index is 1.55. The van der Waals surface area contributed by atoms with Crippen LogP contribution in [0.5, 0.6) is 0 Å². The molecule has 0 saturated carbocycles. The van der Waals surface area contributed by atoms with Crippen molar-refractivity contribution in [1.82, 2.24) is 15.1 Å². The normalized spacial score (nSPS) is 20.2. The molecule has 5 nitrogen and oxygen atoms in total. The topological polar surface area (TPSA) is 38.8 Å². The zero-order valence-electron chi connectivity index (χ0n) is 12.9.